The van der Waals surface area contributed by atoms with Gasteiger partial charge in [0.25, 0.3) is 0 Å². The highest BCUT2D eigenvalue weighted by Gasteiger charge is 2.24. The monoisotopic (exact) mass is 382 g/mol. The summed E-state index contributed by atoms with van der Waals surface area (Å²) in [5.74, 6) is 0.251. The van der Waals surface area contributed by atoms with Gasteiger partial charge < -0.3 is 10.1 Å². The molecule has 2 N–H and O–H groups in total. The fraction of sp³-hybridized carbons (Fsp3) is 0.500. The van der Waals surface area contributed by atoms with Gasteiger partial charge in [-0.05, 0) is 47.4 Å². The van der Waals surface area contributed by atoms with Gasteiger partial charge in [0.2, 0.25) is 10.0 Å². The van der Waals surface area contributed by atoms with E-state index >= 15 is 0 Å². The summed E-state index contributed by atoms with van der Waals surface area (Å²) in [5, 5.41) is 3.57. The van der Waals surface area contributed by atoms with E-state index in [0.717, 1.165) is 19.4 Å². The minimum Gasteiger partial charge on any atom is -0.494 e. The van der Waals surface area contributed by atoms with Crippen LogP contribution >= 0.6 is 27.5 Å². The third-order valence-electron chi connectivity index (χ3n) is 3.15. The number of ether oxygens (including phenoxy) is 1. The van der Waals surface area contributed by atoms with Gasteiger partial charge in [-0.15, -0.1) is 0 Å². The molecule has 0 saturated carbocycles. The fourth-order valence-electron chi connectivity index (χ4n) is 2.15. The maximum absolute atomic E-state index is 12.4. The van der Waals surface area contributed by atoms with Crippen molar-refractivity contribution >= 4 is 37.6 Å². The summed E-state index contributed by atoms with van der Waals surface area (Å²) in [4.78, 5) is 0.0392. The zero-order chi connectivity index (χ0) is 14.8. The first-order valence-corrected chi connectivity index (χ1v) is 8.85. The first kappa shape index (κ1) is 16.0. The summed E-state index contributed by atoms with van der Waals surface area (Å²) in [6.45, 7) is 1.29. The van der Waals surface area contributed by atoms with Crippen LogP contribution in [0.1, 0.15) is 12.8 Å². The van der Waals surface area contributed by atoms with E-state index in [9.17, 15) is 8.42 Å². The number of sulfonamides is 1. The van der Waals surface area contributed by atoms with E-state index in [-0.39, 0.29) is 16.7 Å². The van der Waals surface area contributed by atoms with Crippen molar-refractivity contribution in [1.82, 2.24) is 10.0 Å². The topological polar surface area (TPSA) is 67.4 Å². The molecular weight excluding hydrogens is 368 g/mol. The van der Waals surface area contributed by atoms with E-state index in [4.69, 9.17) is 16.3 Å². The molecule has 1 aromatic rings. The Kier molecular flexibility index (Phi) is 5.30. The van der Waals surface area contributed by atoms with Crippen molar-refractivity contribution in [3.63, 3.8) is 0 Å². The molecule has 1 aliphatic heterocycles. The Morgan fingerprint density at radius 1 is 1.55 bits per heavy atom. The molecule has 1 saturated heterocycles. The summed E-state index contributed by atoms with van der Waals surface area (Å²) < 4.78 is 33.0. The Balaban J connectivity index is 2.24. The van der Waals surface area contributed by atoms with E-state index in [1.54, 1.807) is 6.07 Å². The van der Waals surface area contributed by atoms with Crippen LogP contribution in [0.2, 0.25) is 5.02 Å². The molecule has 5 nitrogen and oxygen atoms in total. The molecule has 1 aromatic carbocycles. The fourth-order valence-corrected chi connectivity index (χ4v) is 4.62. The third kappa shape index (κ3) is 3.65. The summed E-state index contributed by atoms with van der Waals surface area (Å²) in [7, 11) is -2.24. The summed E-state index contributed by atoms with van der Waals surface area (Å²) in [6.07, 6.45) is 2.04. The van der Waals surface area contributed by atoms with E-state index < -0.39 is 10.0 Å². The molecule has 2 rings (SSSR count). The quantitative estimate of drug-likeness (QED) is 0.817. The van der Waals surface area contributed by atoms with Crippen LogP contribution in [0.4, 0.5) is 0 Å². The van der Waals surface area contributed by atoms with Crippen LogP contribution < -0.4 is 14.8 Å². The molecule has 0 aromatic heterocycles. The zero-order valence-electron chi connectivity index (χ0n) is 10.9. The van der Waals surface area contributed by atoms with Crippen LogP contribution in [0.15, 0.2) is 21.5 Å². The molecule has 1 unspecified atom stereocenters. The lowest BCUT2D eigenvalue weighted by atomic mass is 10.2. The molecule has 0 radical (unpaired) electrons. The number of nitrogens with one attached hydrogen (secondary N) is 2. The van der Waals surface area contributed by atoms with Crippen molar-refractivity contribution in [2.75, 3.05) is 20.2 Å². The Bertz CT molecular complexity index is 589. The van der Waals surface area contributed by atoms with Gasteiger partial charge in [0.1, 0.15) is 4.90 Å². The second kappa shape index (κ2) is 6.62. The second-order valence-corrected chi connectivity index (χ2v) is 7.59. The van der Waals surface area contributed by atoms with Crippen LogP contribution in [0, 0.1) is 0 Å². The lowest BCUT2D eigenvalue weighted by Gasteiger charge is -2.15. The summed E-state index contributed by atoms with van der Waals surface area (Å²) in [6, 6.07) is 3.16. The summed E-state index contributed by atoms with van der Waals surface area (Å²) >= 11 is 9.18. The molecule has 1 aliphatic rings. The SMILES string of the molecule is COc1c(Br)cc(Cl)cc1S(=O)(=O)NCC1CCCN1. The minimum absolute atomic E-state index is 0.0392. The smallest absolute Gasteiger partial charge is 0.244 e. The average molecular weight is 384 g/mol. The number of hydrogen-bond donors (Lipinski definition) is 2. The standard InChI is InChI=1S/C12H16BrClN2O3S/c1-19-12-10(13)5-8(14)6-11(12)20(17,18)16-7-9-3-2-4-15-9/h5-6,9,15-16H,2-4,7H2,1H3. The Morgan fingerprint density at radius 3 is 2.90 bits per heavy atom. The number of benzene rings is 1. The zero-order valence-corrected chi connectivity index (χ0v) is 14.1. The molecule has 112 valence electrons. The minimum atomic E-state index is -3.66. The predicted molar refractivity (Wildman–Crippen MR) is 81.9 cm³/mol. The number of rotatable bonds is 5. The van der Waals surface area contributed by atoms with Gasteiger partial charge >= 0.3 is 0 Å². The normalized spacial score (nSPS) is 19.2. The molecular formula is C12H16BrClN2O3S. The largest absolute Gasteiger partial charge is 0.494 e. The Hall–Kier alpha value is -0.340. The van der Waals surface area contributed by atoms with Crippen molar-refractivity contribution < 1.29 is 13.2 Å². The Labute approximate surface area is 132 Å². The molecule has 20 heavy (non-hydrogen) atoms. The maximum Gasteiger partial charge on any atom is 0.244 e. The van der Waals surface area contributed by atoms with Crippen molar-refractivity contribution in [2.45, 2.75) is 23.8 Å². The highest BCUT2D eigenvalue weighted by atomic mass is 79.9. The number of hydrogen-bond acceptors (Lipinski definition) is 4. The van der Waals surface area contributed by atoms with E-state index in [2.05, 4.69) is 26.0 Å². The van der Waals surface area contributed by atoms with E-state index in [1.807, 2.05) is 0 Å². The van der Waals surface area contributed by atoms with Crippen LogP contribution in [0.25, 0.3) is 0 Å². The van der Waals surface area contributed by atoms with Crippen molar-refractivity contribution in [3.8, 4) is 5.75 Å². The average Bonchev–Trinajstić information content (AvgIpc) is 2.89. The van der Waals surface area contributed by atoms with E-state index in [0.29, 0.717) is 16.0 Å². The summed E-state index contributed by atoms with van der Waals surface area (Å²) in [5.41, 5.74) is 0. The van der Waals surface area contributed by atoms with Crippen LogP contribution in [-0.2, 0) is 10.0 Å². The molecule has 0 amide bonds. The lowest BCUT2D eigenvalue weighted by Crippen LogP contribution is -2.37. The molecule has 8 heteroatoms. The molecule has 1 heterocycles. The highest BCUT2D eigenvalue weighted by Crippen LogP contribution is 2.35. The van der Waals surface area contributed by atoms with Gasteiger partial charge in [0, 0.05) is 17.6 Å². The van der Waals surface area contributed by atoms with Gasteiger partial charge in [-0.2, -0.15) is 0 Å². The molecule has 0 aliphatic carbocycles. The van der Waals surface area contributed by atoms with Crippen molar-refractivity contribution in [1.29, 1.82) is 0 Å². The Morgan fingerprint density at radius 2 is 2.30 bits per heavy atom. The molecule has 0 bridgehead atoms. The number of methoxy groups -OCH3 is 1. The van der Waals surface area contributed by atoms with Crippen LogP contribution in [0.3, 0.4) is 0 Å². The predicted octanol–water partition coefficient (Wildman–Crippen LogP) is 2.14. The van der Waals surface area contributed by atoms with E-state index in [1.165, 1.54) is 13.2 Å². The first-order chi connectivity index (χ1) is 9.44. The van der Waals surface area contributed by atoms with Crippen molar-refractivity contribution in [3.05, 3.63) is 21.6 Å². The van der Waals surface area contributed by atoms with Gasteiger partial charge in [-0.25, -0.2) is 13.1 Å². The molecule has 1 fully saturated rings. The van der Waals surface area contributed by atoms with Crippen LogP contribution in [-0.4, -0.2) is 34.7 Å². The van der Waals surface area contributed by atoms with Gasteiger partial charge in [-0.1, -0.05) is 11.6 Å². The van der Waals surface area contributed by atoms with Gasteiger partial charge in [0.15, 0.2) is 5.75 Å². The first-order valence-electron chi connectivity index (χ1n) is 6.20. The van der Waals surface area contributed by atoms with Crippen LogP contribution in [0.5, 0.6) is 5.75 Å². The second-order valence-electron chi connectivity index (χ2n) is 4.56. The lowest BCUT2D eigenvalue weighted by molar-refractivity contribution is 0.399. The third-order valence-corrected chi connectivity index (χ3v) is 5.39. The molecule has 0 spiro atoms. The van der Waals surface area contributed by atoms with Gasteiger partial charge in [-0.3, -0.25) is 0 Å². The highest BCUT2D eigenvalue weighted by molar-refractivity contribution is 9.10. The maximum atomic E-state index is 12.4. The molecule has 1 atom stereocenters. The van der Waals surface area contributed by atoms with Crippen molar-refractivity contribution in [2.24, 2.45) is 0 Å². The number of halogens is 2. The van der Waals surface area contributed by atoms with Gasteiger partial charge in [0.05, 0.1) is 11.6 Å².